The molecule has 2 saturated carbocycles. The van der Waals surface area contributed by atoms with Gasteiger partial charge in [-0.15, -0.1) is 11.8 Å². The molecule has 0 aliphatic heterocycles. The standard InChI is InChI=1S/C23H26N2O2S/c26-22(14-15-28-21-4-2-1-3-5-21)25(20-12-13-20)16-17-6-8-18(9-7-17)23(27)24-19-10-11-19/h1-9,19-20H,10-16H2,(H,24,27). The molecule has 0 bridgehead atoms. The van der Waals surface area contributed by atoms with Crippen LogP contribution in [0.4, 0.5) is 0 Å². The average Bonchev–Trinajstić information content (AvgIpc) is 3.62. The van der Waals surface area contributed by atoms with Crippen LogP contribution in [0.3, 0.4) is 0 Å². The summed E-state index contributed by atoms with van der Waals surface area (Å²) in [7, 11) is 0. The van der Waals surface area contributed by atoms with Gasteiger partial charge in [-0.05, 0) is 55.5 Å². The van der Waals surface area contributed by atoms with E-state index < -0.39 is 0 Å². The molecule has 146 valence electrons. The smallest absolute Gasteiger partial charge is 0.251 e. The number of benzene rings is 2. The number of hydrogen-bond acceptors (Lipinski definition) is 3. The average molecular weight is 395 g/mol. The molecule has 28 heavy (non-hydrogen) atoms. The molecule has 0 atom stereocenters. The normalized spacial score (nSPS) is 15.9. The molecular weight excluding hydrogens is 368 g/mol. The van der Waals surface area contributed by atoms with E-state index in [1.807, 2.05) is 47.4 Å². The quantitative estimate of drug-likeness (QED) is 0.647. The van der Waals surface area contributed by atoms with E-state index in [1.165, 1.54) is 4.90 Å². The molecule has 2 aliphatic rings. The van der Waals surface area contributed by atoms with Crippen LogP contribution >= 0.6 is 11.8 Å². The fourth-order valence-electron chi connectivity index (χ4n) is 3.18. The summed E-state index contributed by atoms with van der Waals surface area (Å²) in [5.74, 6) is 1.02. The lowest BCUT2D eigenvalue weighted by atomic mass is 10.1. The van der Waals surface area contributed by atoms with E-state index >= 15 is 0 Å². The third kappa shape index (κ3) is 5.38. The van der Waals surface area contributed by atoms with Gasteiger partial charge in [0.2, 0.25) is 5.91 Å². The molecule has 0 radical (unpaired) electrons. The van der Waals surface area contributed by atoms with Crippen LogP contribution in [-0.4, -0.2) is 34.6 Å². The summed E-state index contributed by atoms with van der Waals surface area (Å²) in [6.07, 6.45) is 4.92. The zero-order valence-corrected chi connectivity index (χ0v) is 16.8. The van der Waals surface area contributed by atoms with Crippen LogP contribution in [-0.2, 0) is 11.3 Å². The SMILES string of the molecule is O=C(NC1CC1)c1ccc(CN(C(=O)CCSc2ccccc2)C2CC2)cc1. The van der Waals surface area contributed by atoms with Gasteiger partial charge >= 0.3 is 0 Å². The third-order valence-electron chi connectivity index (χ3n) is 5.12. The Bertz CT molecular complexity index is 814. The minimum Gasteiger partial charge on any atom is -0.349 e. The molecule has 0 aromatic heterocycles. The van der Waals surface area contributed by atoms with Gasteiger partial charge in [0.25, 0.3) is 5.91 Å². The van der Waals surface area contributed by atoms with Crippen molar-refractivity contribution in [3.63, 3.8) is 0 Å². The predicted molar refractivity (Wildman–Crippen MR) is 112 cm³/mol. The van der Waals surface area contributed by atoms with Crippen molar-refractivity contribution in [3.8, 4) is 0 Å². The van der Waals surface area contributed by atoms with E-state index in [2.05, 4.69) is 17.4 Å². The van der Waals surface area contributed by atoms with Crippen molar-refractivity contribution in [2.45, 2.75) is 55.6 Å². The second-order valence-electron chi connectivity index (χ2n) is 7.61. The number of carbonyl (C=O) groups excluding carboxylic acids is 2. The van der Waals surface area contributed by atoms with Crippen molar-refractivity contribution in [3.05, 3.63) is 65.7 Å². The Labute approximate surface area is 170 Å². The second kappa shape index (κ2) is 8.82. The lowest BCUT2D eigenvalue weighted by molar-refractivity contribution is -0.131. The van der Waals surface area contributed by atoms with Crippen molar-refractivity contribution in [2.24, 2.45) is 0 Å². The van der Waals surface area contributed by atoms with Crippen molar-refractivity contribution in [1.29, 1.82) is 0 Å². The number of hydrogen-bond donors (Lipinski definition) is 1. The molecular formula is C23H26N2O2S. The van der Waals surface area contributed by atoms with E-state index in [0.29, 0.717) is 30.6 Å². The van der Waals surface area contributed by atoms with Gasteiger partial charge in [0, 0.05) is 41.3 Å². The molecule has 4 nitrogen and oxygen atoms in total. The van der Waals surface area contributed by atoms with E-state index in [9.17, 15) is 9.59 Å². The monoisotopic (exact) mass is 394 g/mol. The maximum absolute atomic E-state index is 12.8. The van der Waals surface area contributed by atoms with Crippen LogP contribution in [0.25, 0.3) is 0 Å². The van der Waals surface area contributed by atoms with Crippen molar-refractivity contribution < 1.29 is 9.59 Å². The highest BCUT2D eigenvalue weighted by Crippen LogP contribution is 2.30. The molecule has 2 fully saturated rings. The van der Waals surface area contributed by atoms with Crippen molar-refractivity contribution in [1.82, 2.24) is 10.2 Å². The topological polar surface area (TPSA) is 49.4 Å². The molecule has 2 aromatic rings. The van der Waals surface area contributed by atoms with E-state index in [0.717, 1.165) is 37.0 Å². The first-order valence-corrected chi connectivity index (χ1v) is 11.0. The Morgan fingerprint density at radius 1 is 0.964 bits per heavy atom. The van der Waals surface area contributed by atoms with Gasteiger partial charge in [0.1, 0.15) is 0 Å². The fraction of sp³-hybridized carbons (Fsp3) is 0.391. The molecule has 5 heteroatoms. The molecule has 1 N–H and O–H groups in total. The van der Waals surface area contributed by atoms with E-state index in [1.54, 1.807) is 11.8 Å². The summed E-state index contributed by atoms with van der Waals surface area (Å²) < 4.78 is 0. The van der Waals surface area contributed by atoms with Gasteiger partial charge in [0.15, 0.2) is 0 Å². The molecule has 2 amide bonds. The highest BCUT2D eigenvalue weighted by Gasteiger charge is 2.32. The summed E-state index contributed by atoms with van der Waals surface area (Å²) in [6, 6.07) is 18.6. The Balaban J connectivity index is 1.30. The highest BCUT2D eigenvalue weighted by atomic mass is 32.2. The maximum Gasteiger partial charge on any atom is 0.251 e. The predicted octanol–water partition coefficient (Wildman–Crippen LogP) is 4.25. The summed E-state index contributed by atoms with van der Waals surface area (Å²) in [5, 5.41) is 3.01. The van der Waals surface area contributed by atoms with Crippen LogP contribution in [0.15, 0.2) is 59.5 Å². The maximum atomic E-state index is 12.8. The van der Waals surface area contributed by atoms with Gasteiger partial charge in [-0.25, -0.2) is 0 Å². The first-order valence-electron chi connectivity index (χ1n) is 10.1. The number of nitrogens with one attached hydrogen (secondary N) is 1. The Hall–Kier alpha value is -2.27. The summed E-state index contributed by atoms with van der Waals surface area (Å²) in [5.41, 5.74) is 1.78. The lowest BCUT2D eigenvalue weighted by Gasteiger charge is -2.23. The lowest BCUT2D eigenvalue weighted by Crippen LogP contribution is -2.32. The van der Waals surface area contributed by atoms with E-state index in [4.69, 9.17) is 0 Å². The number of nitrogens with zero attached hydrogens (tertiary/aromatic N) is 1. The number of amides is 2. The number of rotatable bonds is 9. The molecule has 0 heterocycles. The first kappa shape index (κ1) is 19.1. The molecule has 4 rings (SSSR count). The Morgan fingerprint density at radius 3 is 2.32 bits per heavy atom. The fourth-order valence-corrected chi connectivity index (χ4v) is 4.04. The summed E-state index contributed by atoms with van der Waals surface area (Å²) >= 11 is 1.73. The number of thioether (sulfide) groups is 1. The summed E-state index contributed by atoms with van der Waals surface area (Å²) in [6.45, 7) is 0.629. The zero-order chi connectivity index (χ0) is 19.3. The van der Waals surface area contributed by atoms with Gasteiger partial charge in [-0.2, -0.15) is 0 Å². The largest absolute Gasteiger partial charge is 0.349 e. The molecule has 0 unspecified atom stereocenters. The zero-order valence-electron chi connectivity index (χ0n) is 16.0. The van der Waals surface area contributed by atoms with Crippen LogP contribution in [0.2, 0.25) is 0 Å². The van der Waals surface area contributed by atoms with Crippen molar-refractivity contribution in [2.75, 3.05) is 5.75 Å². The van der Waals surface area contributed by atoms with Gasteiger partial charge in [0.05, 0.1) is 0 Å². The van der Waals surface area contributed by atoms with Gasteiger partial charge in [-0.3, -0.25) is 9.59 Å². The molecule has 2 aromatic carbocycles. The number of carbonyl (C=O) groups is 2. The van der Waals surface area contributed by atoms with E-state index in [-0.39, 0.29) is 11.8 Å². The van der Waals surface area contributed by atoms with Crippen molar-refractivity contribution >= 4 is 23.6 Å². The molecule has 2 aliphatic carbocycles. The third-order valence-corrected chi connectivity index (χ3v) is 6.13. The Morgan fingerprint density at radius 2 is 1.68 bits per heavy atom. The second-order valence-corrected chi connectivity index (χ2v) is 8.78. The molecule has 0 spiro atoms. The minimum atomic E-state index is 0.00196. The Kier molecular flexibility index (Phi) is 6.01. The van der Waals surface area contributed by atoms with Gasteiger partial charge < -0.3 is 10.2 Å². The van der Waals surface area contributed by atoms with Crippen LogP contribution in [0, 0.1) is 0 Å². The minimum absolute atomic E-state index is 0.00196. The van der Waals surface area contributed by atoms with Crippen LogP contribution in [0.5, 0.6) is 0 Å². The summed E-state index contributed by atoms with van der Waals surface area (Å²) in [4.78, 5) is 28.1. The first-order chi connectivity index (χ1) is 13.7. The van der Waals surface area contributed by atoms with Crippen LogP contribution in [0.1, 0.15) is 48.0 Å². The van der Waals surface area contributed by atoms with Gasteiger partial charge in [-0.1, -0.05) is 30.3 Å². The molecule has 0 saturated heterocycles. The van der Waals surface area contributed by atoms with Crippen LogP contribution < -0.4 is 5.32 Å². The highest BCUT2D eigenvalue weighted by molar-refractivity contribution is 7.99.